The van der Waals surface area contributed by atoms with Crippen molar-refractivity contribution < 1.29 is 32.2 Å². The van der Waals surface area contributed by atoms with Gasteiger partial charge in [0.1, 0.15) is 12.4 Å². The molecule has 0 unspecified atom stereocenters. The Morgan fingerprint density at radius 1 is 1.26 bits per heavy atom. The first-order valence-electron chi connectivity index (χ1n) is 11.7. The lowest BCUT2D eigenvalue weighted by Crippen LogP contribution is -2.30. The zero-order valence-electron chi connectivity index (χ0n) is 21.1. The van der Waals surface area contributed by atoms with Gasteiger partial charge in [-0.05, 0) is 38.0 Å². The number of carbonyl (C=O) groups is 1. The molecule has 1 saturated heterocycles. The predicted molar refractivity (Wildman–Crippen MR) is 124 cm³/mol. The van der Waals surface area contributed by atoms with Crippen molar-refractivity contribution >= 4 is 5.91 Å². The highest BCUT2D eigenvalue weighted by Crippen LogP contribution is 2.33. The van der Waals surface area contributed by atoms with Crippen LogP contribution in [0, 0.1) is 0 Å². The molecule has 1 aromatic heterocycles. The van der Waals surface area contributed by atoms with Gasteiger partial charge >= 0.3 is 6.18 Å². The number of benzene rings is 1. The molecule has 10 heteroatoms. The standard InChI is InChI=1S/C25H34F3N3O4/c1-16(33-6)15-35-20-10-9-17(25(26,27)28)12-19(20)23(32)29-22-13-21(24(2,3)4)30(5)31(22)14-18-8-7-11-34-18/h9-10,12-13,16,18H,7-8,11,14-15H2,1-6H3/t16-,18+/m0/s1. The minimum Gasteiger partial charge on any atom is -0.490 e. The molecule has 0 N–H and O–H groups in total. The van der Waals surface area contributed by atoms with Gasteiger partial charge in [0.05, 0.1) is 29.9 Å². The Morgan fingerprint density at radius 3 is 2.54 bits per heavy atom. The van der Waals surface area contributed by atoms with E-state index in [0.29, 0.717) is 18.6 Å². The van der Waals surface area contributed by atoms with Gasteiger partial charge in [-0.3, -0.25) is 14.2 Å². The average Bonchev–Trinajstić information content (AvgIpc) is 3.40. The maximum atomic E-state index is 13.4. The average molecular weight is 498 g/mol. The molecule has 2 aromatic rings. The monoisotopic (exact) mass is 497 g/mol. The van der Waals surface area contributed by atoms with Gasteiger partial charge in [0.15, 0.2) is 5.49 Å². The number of carbonyl (C=O) groups excluding carboxylic acids is 1. The number of hydrogen-bond acceptors (Lipinski definition) is 4. The van der Waals surface area contributed by atoms with Gasteiger partial charge in [0, 0.05) is 37.9 Å². The van der Waals surface area contributed by atoms with Crippen molar-refractivity contribution in [1.82, 2.24) is 9.36 Å². The van der Waals surface area contributed by atoms with Crippen molar-refractivity contribution in [3.8, 4) is 5.75 Å². The fourth-order valence-corrected chi connectivity index (χ4v) is 4.00. The summed E-state index contributed by atoms with van der Waals surface area (Å²) < 4.78 is 60.6. The van der Waals surface area contributed by atoms with E-state index >= 15 is 0 Å². The van der Waals surface area contributed by atoms with Crippen LogP contribution in [-0.2, 0) is 34.7 Å². The number of halogens is 3. The second-order valence-corrected chi connectivity index (χ2v) is 9.86. The molecule has 194 valence electrons. The molecular weight excluding hydrogens is 463 g/mol. The lowest BCUT2D eigenvalue weighted by atomic mass is 9.92. The minimum absolute atomic E-state index is 0.0200. The first kappa shape index (κ1) is 27.0. The predicted octanol–water partition coefficient (Wildman–Crippen LogP) is 4.48. The summed E-state index contributed by atoms with van der Waals surface area (Å²) in [6.07, 6.45) is -3.10. The van der Waals surface area contributed by atoms with Crippen molar-refractivity contribution in [3.05, 3.63) is 46.6 Å². The first-order valence-corrected chi connectivity index (χ1v) is 11.7. The molecular formula is C25H34F3N3O4. The Bertz CT molecular complexity index is 1110. The zero-order valence-corrected chi connectivity index (χ0v) is 21.1. The summed E-state index contributed by atoms with van der Waals surface area (Å²) in [5, 5.41) is 0. The van der Waals surface area contributed by atoms with E-state index in [1.807, 2.05) is 37.2 Å². The highest BCUT2D eigenvalue weighted by molar-refractivity contribution is 5.97. The maximum Gasteiger partial charge on any atom is 0.416 e. The number of aromatic nitrogens is 2. The van der Waals surface area contributed by atoms with Crippen LogP contribution in [0.2, 0.25) is 0 Å². The molecule has 0 spiro atoms. The molecule has 0 aliphatic carbocycles. The molecule has 0 bridgehead atoms. The largest absolute Gasteiger partial charge is 0.490 e. The van der Waals surface area contributed by atoms with Crippen molar-refractivity contribution in [2.75, 3.05) is 20.3 Å². The fraction of sp³-hybridized carbons (Fsp3) is 0.600. The van der Waals surface area contributed by atoms with E-state index in [0.717, 1.165) is 36.7 Å². The Kier molecular flexibility index (Phi) is 8.16. The van der Waals surface area contributed by atoms with Crippen LogP contribution in [0.1, 0.15) is 62.2 Å². The normalized spacial score (nSPS) is 18.2. The molecule has 1 fully saturated rings. The van der Waals surface area contributed by atoms with Crippen LogP contribution in [-0.4, -0.2) is 47.8 Å². The van der Waals surface area contributed by atoms with E-state index < -0.39 is 17.6 Å². The van der Waals surface area contributed by atoms with E-state index in [9.17, 15) is 18.0 Å². The summed E-state index contributed by atoms with van der Waals surface area (Å²) >= 11 is 0. The van der Waals surface area contributed by atoms with Crippen molar-refractivity contribution in [3.63, 3.8) is 0 Å². The van der Waals surface area contributed by atoms with Crippen LogP contribution in [0.15, 0.2) is 29.3 Å². The molecule has 2 atom stereocenters. The van der Waals surface area contributed by atoms with Crippen molar-refractivity contribution in [1.29, 1.82) is 0 Å². The van der Waals surface area contributed by atoms with Crippen molar-refractivity contribution in [2.45, 2.75) is 70.9 Å². The van der Waals surface area contributed by atoms with Crippen LogP contribution in [0.4, 0.5) is 13.2 Å². The number of ether oxygens (including phenoxy) is 3. The fourth-order valence-electron chi connectivity index (χ4n) is 4.00. The van der Waals surface area contributed by atoms with E-state index in [-0.39, 0.29) is 35.5 Å². The summed E-state index contributed by atoms with van der Waals surface area (Å²) in [5.74, 6) is -0.795. The van der Waals surface area contributed by atoms with Gasteiger partial charge in [-0.2, -0.15) is 18.2 Å². The SMILES string of the molecule is CO[C@@H](C)COc1ccc(C(F)(F)F)cc1C(=O)N=c1cc(C(C)(C)C)n(C)n1C[C@H]1CCCO1. The van der Waals surface area contributed by atoms with Crippen LogP contribution < -0.4 is 10.2 Å². The molecule has 0 saturated carbocycles. The second-order valence-electron chi connectivity index (χ2n) is 9.86. The summed E-state index contributed by atoms with van der Waals surface area (Å²) in [6.45, 7) is 9.11. The second kappa shape index (κ2) is 10.6. The molecule has 7 nitrogen and oxygen atoms in total. The number of rotatable bonds is 7. The minimum atomic E-state index is -4.61. The number of nitrogens with zero attached hydrogens (tertiary/aromatic N) is 3. The van der Waals surface area contributed by atoms with E-state index in [4.69, 9.17) is 14.2 Å². The Hall–Kier alpha value is -2.59. The van der Waals surface area contributed by atoms with Gasteiger partial charge in [-0.15, -0.1) is 0 Å². The lowest BCUT2D eigenvalue weighted by Gasteiger charge is -2.21. The van der Waals surface area contributed by atoms with Crippen LogP contribution >= 0.6 is 0 Å². The van der Waals surface area contributed by atoms with Crippen LogP contribution in [0.3, 0.4) is 0 Å². The highest BCUT2D eigenvalue weighted by atomic mass is 19.4. The highest BCUT2D eigenvalue weighted by Gasteiger charge is 2.32. The van der Waals surface area contributed by atoms with Gasteiger partial charge in [0.2, 0.25) is 0 Å². The van der Waals surface area contributed by atoms with E-state index in [1.165, 1.54) is 7.11 Å². The third kappa shape index (κ3) is 6.55. The molecule has 0 radical (unpaired) electrons. The van der Waals surface area contributed by atoms with Gasteiger partial charge in [-0.1, -0.05) is 20.8 Å². The summed E-state index contributed by atoms with van der Waals surface area (Å²) in [6, 6.07) is 4.63. The van der Waals surface area contributed by atoms with Gasteiger partial charge in [-0.25, -0.2) is 0 Å². The van der Waals surface area contributed by atoms with Crippen LogP contribution in [0.5, 0.6) is 5.75 Å². The maximum absolute atomic E-state index is 13.4. The molecule has 35 heavy (non-hydrogen) atoms. The topological polar surface area (TPSA) is 67.0 Å². The number of methoxy groups -OCH3 is 1. The summed E-state index contributed by atoms with van der Waals surface area (Å²) in [7, 11) is 3.38. The third-order valence-corrected chi connectivity index (χ3v) is 6.04. The number of amides is 1. The molecule has 3 rings (SSSR count). The van der Waals surface area contributed by atoms with E-state index in [2.05, 4.69) is 4.99 Å². The third-order valence-electron chi connectivity index (χ3n) is 6.04. The first-order chi connectivity index (χ1) is 16.3. The molecule has 1 amide bonds. The molecule has 2 heterocycles. The van der Waals surface area contributed by atoms with E-state index in [1.54, 1.807) is 13.0 Å². The summed E-state index contributed by atoms with van der Waals surface area (Å²) in [4.78, 5) is 17.6. The quantitative estimate of drug-likeness (QED) is 0.566. The van der Waals surface area contributed by atoms with Crippen LogP contribution in [0.25, 0.3) is 0 Å². The van der Waals surface area contributed by atoms with Crippen molar-refractivity contribution in [2.24, 2.45) is 12.0 Å². The summed E-state index contributed by atoms with van der Waals surface area (Å²) in [5.41, 5.74) is -0.167. The molecule has 1 aromatic carbocycles. The number of alkyl halides is 3. The zero-order chi connectivity index (χ0) is 26.0. The Balaban J connectivity index is 2.09. The smallest absolute Gasteiger partial charge is 0.416 e. The lowest BCUT2D eigenvalue weighted by molar-refractivity contribution is -0.137. The van der Waals surface area contributed by atoms with Gasteiger partial charge in [0.25, 0.3) is 5.91 Å². The Morgan fingerprint density at radius 2 is 1.97 bits per heavy atom. The molecule has 1 aliphatic rings. The Labute approximate surface area is 203 Å². The number of hydrogen-bond donors (Lipinski definition) is 0. The van der Waals surface area contributed by atoms with Gasteiger partial charge < -0.3 is 14.2 Å². The molecule has 1 aliphatic heterocycles.